The van der Waals surface area contributed by atoms with Gasteiger partial charge < -0.3 is 0 Å². The normalized spacial score (nSPS) is 18.5. The molecule has 2 aromatic rings. The maximum atomic E-state index is 2.33. The van der Waals surface area contributed by atoms with Gasteiger partial charge in [0.2, 0.25) is 0 Å². The minimum Gasteiger partial charge on any atom is -0.144 e. The Labute approximate surface area is 120 Å². The molecule has 92 valence electrons. The van der Waals surface area contributed by atoms with E-state index in [4.69, 9.17) is 0 Å². The summed E-state index contributed by atoms with van der Waals surface area (Å²) in [4.78, 5) is 4.18. The van der Waals surface area contributed by atoms with Gasteiger partial charge in [-0.25, -0.2) is 0 Å². The molecule has 0 nitrogen and oxygen atoms in total. The van der Waals surface area contributed by atoms with Crippen molar-refractivity contribution in [3.05, 3.63) is 61.8 Å². The first-order chi connectivity index (χ1) is 8.88. The Morgan fingerprint density at radius 2 is 1.78 bits per heavy atom. The van der Waals surface area contributed by atoms with Gasteiger partial charge in [0.1, 0.15) is 0 Å². The number of hydrogen-bond acceptors (Lipinski definition) is 3. The highest BCUT2D eigenvalue weighted by Gasteiger charge is 2.19. The van der Waals surface area contributed by atoms with Crippen LogP contribution in [0.1, 0.15) is 23.1 Å². The van der Waals surface area contributed by atoms with Crippen LogP contribution in [0.4, 0.5) is 0 Å². The molecule has 0 saturated heterocycles. The van der Waals surface area contributed by atoms with Crippen molar-refractivity contribution in [3.8, 4) is 0 Å². The van der Waals surface area contributed by atoms with E-state index < -0.39 is 0 Å². The maximum Gasteiger partial charge on any atom is 0.0368 e. The average molecular weight is 290 g/mol. The minimum absolute atomic E-state index is 0.648. The van der Waals surface area contributed by atoms with Gasteiger partial charge in [-0.05, 0) is 29.3 Å². The SMILES string of the molecule is CCC1C=CC(=C(c2cccs2)c2cccs2)S1. The van der Waals surface area contributed by atoms with Crippen LogP contribution in [0.5, 0.6) is 0 Å². The Morgan fingerprint density at radius 1 is 1.11 bits per heavy atom. The summed E-state index contributed by atoms with van der Waals surface area (Å²) in [5.41, 5.74) is 1.41. The number of allylic oxidation sites excluding steroid dienone is 1. The highest BCUT2D eigenvalue weighted by atomic mass is 32.2. The Balaban J connectivity index is 2.07. The molecule has 0 saturated carbocycles. The zero-order valence-corrected chi connectivity index (χ0v) is 12.6. The van der Waals surface area contributed by atoms with Crippen LogP contribution in [-0.4, -0.2) is 5.25 Å². The zero-order valence-electron chi connectivity index (χ0n) is 10.1. The summed E-state index contributed by atoms with van der Waals surface area (Å²) in [6.45, 7) is 2.25. The largest absolute Gasteiger partial charge is 0.144 e. The van der Waals surface area contributed by atoms with E-state index in [2.05, 4.69) is 54.1 Å². The molecule has 0 aromatic carbocycles. The lowest BCUT2D eigenvalue weighted by Crippen LogP contribution is -1.90. The van der Waals surface area contributed by atoms with Crippen LogP contribution >= 0.6 is 34.4 Å². The van der Waals surface area contributed by atoms with E-state index in [0.29, 0.717) is 5.25 Å². The number of thioether (sulfide) groups is 1. The van der Waals surface area contributed by atoms with Gasteiger partial charge in [-0.3, -0.25) is 0 Å². The van der Waals surface area contributed by atoms with Crippen LogP contribution in [0, 0.1) is 0 Å². The second kappa shape index (κ2) is 5.47. The molecule has 1 aliphatic rings. The van der Waals surface area contributed by atoms with Gasteiger partial charge in [-0.15, -0.1) is 34.4 Å². The van der Waals surface area contributed by atoms with E-state index in [1.807, 2.05) is 34.4 Å². The molecule has 18 heavy (non-hydrogen) atoms. The Hall–Kier alpha value is -0.770. The molecule has 0 spiro atoms. The summed E-state index contributed by atoms with van der Waals surface area (Å²) in [5.74, 6) is 0. The number of thiophene rings is 2. The molecule has 0 fully saturated rings. The molecule has 0 radical (unpaired) electrons. The molecule has 0 aliphatic carbocycles. The lowest BCUT2D eigenvalue weighted by Gasteiger charge is -2.08. The zero-order chi connectivity index (χ0) is 12.4. The van der Waals surface area contributed by atoms with Crippen LogP contribution in [0.25, 0.3) is 5.57 Å². The first kappa shape index (κ1) is 12.3. The maximum absolute atomic E-state index is 2.33. The molecule has 2 aromatic heterocycles. The fourth-order valence-electron chi connectivity index (χ4n) is 2.00. The van der Waals surface area contributed by atoms with Gasteiger partial charge >= 0.3 is 0 Å². The standard InChI is InChI=1S/C15H14S3/c1-2-11-7-8-14(18-11)15(12-5-3-9-16-12)13-6-4-10-17-13/h3-11H,2H2,1H3. The summed E-state index contributed by atoms with van der Waals surface area (Å²) in [6, 6.07) is 8.71. The molecular weight excluding hydrogens is 276 g/mol. The van der Waals surface area contributed by atoms with Crippen LogP contribution in [0.2, 0.25) is 0 Å². The van der Waals surface area contributed by atoms with Gasteiger partial charge in [-0.2, -0.15) is 0 Å². The number of hydrogen-bond donors (Lipinski definition) is 0. The molecule has 3 heterocycles. The van der Waals surface area contributed by atoms with Crippen molar-refractivity contribution >= 4 is 40.0 Å². The monoisotopic (exact) mass is 290 g/mol. The van der Waals surface area contributed by atoms with E-state index in [9.17, 15) is 0 Å². The fourth-order valence-corrected chi connectivity index (χ4v) is 4.94. The van der Waals surface area contributed by atoms with Crippen molar-refractivity contribution in [2.24, 2.45) is 0 Å². The third-order valence-corrected chi connectivity index (χ3v) is 6.09. The summed E-state index contributed by atoms with van der Waals surface area (Å²) < 4.78 is 0. The average Bonchev–Trinajstić information content (AvgIpc) is 3.13. The van der Waals surface area contributed by atoms with Gasteiger partial charge in [0.25, 0.3) is 0 Å². The fraction of sp³-hybridized carbons (Fsp3) is 0.200. The molecular formula is C15H14S3. The quantitative estimate of drug-likeness (QED) is 0.704. The van der Waals surface area contributed by atoms with Crippen molar-refractivity contribution in [2.45, 2.75) is 18.6 Å². The molecule has 0 N–H and O–H groups in total. The lowest BCUT2D eigenvalue weighted by atomic mass is 10.1. The van der Waals surface area contributed by atoms with Crippen molar-refractivity contribution < 1.29 is 0 Å². The minimum atomic E-state index is 0.648. The second-order valence-corrected chi connectivity index (χ2v) is 7.29. The highest BCUT2D eigenvalue weighted by Crippen LogP contribution is 2.42. The second-order valence-electron chi connectivity index (χ2n) is 4.12. The highest BCUT2D eigenvalue weighted by molar-refractivity contribution is 8.04. The summed E-state index contributed by atoms with van der Waals surface area (Å²) >= 11 is 5.65. The molecule has 1 atom stereocenters. The Morgan fingerprint density at radius 3 is 2.22 bits per heavy atom. The van der Waals surface area contributed by atoms with Gasteiger partial charge in [-0.1, -0.05) is 31.2 Å². The Bertz CT molecular complexity index is 523. The summed E-state index contributed by atoms with van der Waals surface area (Å²) in [6.07, 6.45) is 5.83. The molecule has 1 aliphatic heterocycles. The first-order valence-electron chi connectivity index (χ1n) is 6.05. The van der Waals surface area contributed by atoms with E-state index >= 15 is 0 Å². The van der Waals surface area contributed by atoms with Crippen LogP contribution in [-0.2, 0) is 0 Å². The van der Waals surface area contributed by atoms with E-state index in [-0.39, 0.29) is 0 Å². The van der Waals surface area contributed by atoms with Gasteiger partial charge in [0, 0.05) is 25.5 Å². The number of rotatable bonds is 3. The van der Waals surface area contributed by atoms with Crippen LogP contribution in [0.15, 0.2) is 52.1 Å². The van der Waals surface area contributed by atoms with Crippen molar-refractivity contribution in [2.75, 3.05) is 0 Å². The van der Waals surface area contributed by atoms with Crippen molar-refractivity contribution in [3.63, 3.8) is 0 Å². The summed E-state index contributed by atoms with van der Waals surface area (Å²) in [5, 5.41) is 4.96. The van der Waals surface area contributed by atoms with Gasteiger partial charge in [0.15, 0.2) is 0 Å². The topological polar surface area (TPSA) is 0 Å². The van der Waals surface area contributed by atoms with Gasteiger partial charge in [0.05, 0.1) is 0 Å². The lowest BCUT2D eigenvalue weighted by molar-refractivity contribution is 0.986. The first-order valence-corrected chi connectivity index (χ1v) is 8.69. The molecule has 0 amide bonds. The Kier molecular flexibility index (Phi) is 3.73. The predicted octanol–water partition coefficient (Wildman–Crippen LogP) is 5.65. The third-order valence-electron chi connectivity index (χ3n) is 2.92. The van der Waals surface area contributed by atoms with Crippen molar-refractivity contribution in [1.29, 1.82) is 0 Å². The third kappa shape index (κ3) is 2.35. The van der Waals surface area contributed by atoms with Crippen LogP contribution < -0.4 is 0 Å². The van der Waals surface area contributed by atoms with E-state index in [1.54, 1.807) is 0 Å². The molecule has 3 rings (SSSR count). The van der Waals surface area contributed by atoms with E-state index in [1.165, 1.54) is 26.7 Å². The molecule has 0 bridgehead atoms. The predicted molar refractivity (Wildman–Crippen MR) is 85.5 cm³/mol. The van der Waals surface area contributed by atoms with Crippen molar-refractivity contribution in [1.82, 2.24) is 0 Å². The molecule has 3 heteroatoms. The smallest absolute Gasteiger partial charge is 0.0368 e. The summed E-state index contributed by atoms with van der Waals surface area (Å²) in [7, 11) is 0. The van der Waals surface area contributed by atoms with Crippen LogP contribution in [0.3, 0.4) is 0 Å². The molecule has 1 unspecified atom stereocenters. The van der Waals surface area contributed by atoms with E-state index in [0.717, 1.165) is 0 Å².